The number of unbranched alkanes of at least 4 members (excludes halogenated alkanes) is 6. The highest BCUT2D eigenvalue weighted by molar-refractivity contribution is 5.61. The summed E-state index contributed by atoms with van der Waals surface area (Å²) in [6.45, 7) is 8.46. The first kappa shape index (κ1) is 31.3. The van der Waals surface area contributed by atoms with Gasteiger partial charge < -0.3 is 0 Å². The Morgan fingerprint density at radius 3 is 0.932 bits per heavy atom. The van der Waals surface area contributed by atoms with Crippen LogP contribution in [0.4, 0.5) is 0 Å². The lowest BCUT2D eigenvalue weighted by molar-refractivity contribution is -0.697. The number of hydrogen-bond donors (Lipinski definition) is 0. The van der Waals surface area contributed by atoms with Gasteiger partial charge in [0.15, 0.2) is 62.7 Å². The molecule has 0 saturated carbocycles. The maximum absolute atomic E-state index is 2.30. The summed E-state index contributed by atoms with van der Waals surface area (Å²) in [5.41, 5.74) is 7.66. The van der Waals surface area contributed by atoms with E-state index in [2.05, 4.69) is 154 Å². The van der Waals surface area contributed by atoms with Gasteiger partial charge >= 0.3 is 0 Å². The molecule has 0 fully saturated rings. The van der Waals surface area contributed by atoms with Gasteiger partial charge in [0.05, 0.1) is 0 Å². The predicted molar refractivity (Wildman–Crippen MR) is 177 cm³/mol. The number of aromatic nitrogens is 4. The van der Waals surface area contributed by atoms with Crippen molar-refractivity contribution in [1.82, 2.24) is 0 Å². The summed E-state index contributed by atoms with van der Waals surface area (Å²) in [6, 6.07) is 26.8. The van der Waals surface area contributed by atoms with Crippen LogP contribution in [0.5, 0.6) is 0 Å². The fourth-order valence-electron chi connectivity index (χ4n) is 5.72. The molecule has 4 aromatic heterocycles. The van der Waals surface area contributed by atoms with Crippen LogP contribution in [0.3, 0.4) is 0 Å². The molecule has 0 atom stereocenters. The second kappa shape index (κ2) is 16.6. The fraction of sp³-hybridized carbons (Fsp3) is 0.350. The van der Waals surface area contributed by atoms with Crippen molar-refractivity contribution in [3.05, 3.63) is 133 Å². The van der Waals surface area contributed by atoms with E-state index in [1.807, 2.05) is 0 Å². The maximum Gasteiger partial charge on any atom is 0.173 e. The van der Waals surface area contributed by atoms with Crippen LogP contribution in [0, 0.1) is 0 Å². The SMILES string of the molecule is CCCCCC[n+]1ccc(-c2cc[n+](Cc3ccc(C[n+]4ccc(-c5cc[n+](CCCCCC)cc5)cc4)cc3)cc2)cc1. The van der Waals surface area contributed by atoms with Crippen LogP contribution in [0.25, 0.3) is 22.3 Å². The molecular formula is C40H50N4+4. The molecule has 0 N–H and O–H groups in total. The van der Waals surface area contributed by atoms with Crippen molar-refractivity contribution in [2.24, 2.45) is 0 Å². The standard InChI is InChI=1S/C40H50N4/c1-3-5-7-9-23-41-25-15-37(16-26-41)39-19-29-43(30-20-39)33-35-11-13-36(14-12-35)34-44-31-21-40(22-32-44)38-17-27-42(28-18-38)24-10-8-6-4-2/h11-22,25-32H,3-10,23-24,33-34H2,1-2H3/q+4. The summed E-state index contributed by atoms with van der Waals surface area (Å²) >= 11 is 0. The van der Waals surface area contributed by atoms with Crippen LogP contribution in [-0.4, -0.2) is 0 Å². The Morgan fingerprint density at radius 2 is 0.636 bits per heavy atom. The van der Waals surface area contributed by atoms with Crippen molar-refractivity contribution >= 4 is 0 Å². The van der Waals surface area contributed by atoms with E-state index < -0.39 is 0 Å². The molecule has 4 heterocycles. The number of hydrogen-bond acceptors (Lipinski definition) is 0. The summed E-state index contributed by atoms with van der Waals surface area (Å²) in [5.74, 6) is 0. The molecule has 1 aromatic carbocycles. The zero-order valence-corrected chi connectivity index (χ0v) is 26.8. The number of pyridine rings is 4. The predicted octanol–water partition coefficient (Wildman–Crippen LogP) is 7.43. The molecule has 4 heteroatoms. The molecule has 0 aliphatic heterocycles. The van der Waals surface area contributed by atoms with Crippen LogP contribution in [0.15, 0.2) is 122 Å². The van der Waals surface area contributed by atoms with Crippen molar-refractivity contribution in [2.45, 2.75) is 91.4 Å². The van der Waals surface area contributed by atoms with Crippen LogP contribution >= 0.6 is 0 Å². The zero-order valence-electron chi connectivity index (χ0n) is 26.8. The lowest BCUT2D eigenvalue weighted by Crippen LogP contribution is -2.34. The molecule has 0 saturated heterocycles. The van der Waals surface area contributed by atoms with Gasteiger partial charge in [-0.25, -0.2) is 18.3 Å². The van der Waals surface area contributed by atoms with Crippen LogP contribution in [0.1, 0.15) is 76.3 Å². The Labute approximate surface area is 264 Å². The van der Waals surface area contributed by atoms with Gasteiger partial charge in [0.1, 0.15) is 13.1 Å². The summed E-state index contributed by atoms with van der Waals surface area (Å²) in [7, 11) is 0. The maximum atomic E-state index is 2.30. The molecule has 0 amide bonds. The molecule has 0 aliphatic carbocycles. The Morgan fingerprint density at radius 1 is 0.341 bits per heavy atom. The minimum Gasteiger partial charge on any atom is -0.205 e. The molecule has 4 nitrogen and oxygen atoms in total. The molecule has 226 valence electrons. The third-order valence-corrected chi connectivity index (χ3v) is 8.52. The molecule has 0 bridgehead atoms. The van der Waals surface area contributed by atoms with Gasteiger partial charge in [-0.2, -0.15) is 0 Å². The first-order valence-electron chi connectivity index (χ1n) is 16.7. The largest absolute Gasteiger partial charge is 0.205 e. The van der Waals surface area contributed by atoms with E-state index in [9.17, 15) is 0 Å². The quantitative estimate of drug-likeness (QED) is 0.0844. The molecule has 0 aliphatic rings. The lowest BCUT2D eigenvalue weighted by Gasteiger charge is -2.04. The molecule has 0 unspecified atom stereocenters. The minimum atomic E-state index is 0.866. The second-order valence-electron chi connectivity index (χ2n) is 12.1. The van der Waals surface area contributed by atoms with E-state index in [1.165, 1.54) is 84.7 Å². The van der Waals surface area contributed by atoms with Gasteiger partial charge in [-0.1, -0.05) is 63.8 Å². The molecule has 0 radical (unpaired) electrons. The number of nitrogens with zero attached hydrogens (tertiary/aromatic N) is 4. The van der Waals surface area contributed by atoms with Crippen LogP contribution in [-0.2, 0) is 26.2 Å². The van der Waals surface area contributed by atoms with E-state index in [4.69, 9.17) is 0 Å². The Kier molecular flexibility index (Phi) is 11.8. The van der Waals surface area contributed by atoms with Gasteiger partial charge in [-0.05, 0) is 35.1 Å². The number of benzene rings is 1. The third-order valence-electron chi connectivity index (χ3n) is 8.52. The monoisotopic (exact) mass is 586 g/mol. The van der Waals surface area contributed by atoms with Gasteiger partial charge in [-0.3, -0.25) is 0 Å². The summed E-state index contributed by atoms with van der Waals surface area (Å²) in [5, 5.41) is 0. The average molecular weight is 587 g/mol. The van der Waals surface area contributed by atoms with E-state index in [0.29, 0.717) is 0 Å². The fourth-order valence-corrected chi connectivity index (χ4v) is 5.72. The molecule has 5 rings (SSSR count). The van der Waals surface area contributed by atoms with E-state index >= 15 is 0 Å². The van der Waals surface area contributed by atoms with Crippen molar-refractivity contribution in [3.8, 4) is 22.3 Å². The van der Waals surface area contributed by atoms with Crippen molar-refractivity contribution in [1.29, 1.82) is 0 Å². The highest BCUT2D eigenvalue weighted by atomic mass is 14.9. The highest BCUT2D eigenvalue weighted by Gasteiger charge is 2.10. The minimum absolute atomic E-state index is 0.866. The van der Waals surface area contributed by atoms with E-state index in [0.717, 1.165) is 26.2 Å². The average Bonchev–Trinajstić information content (AvgIpc) is 3.07. The number of rotatable bonds is 16. The third kappa shape index (κ3) is 9.41. The van der Waals surface area contributed by atoms with Gasteiger partial charge in [0, 0.05) is 72.5 Å². The van der Waals surface area contributed by atoms with Crippen molar-refractivity contribution in [3.63, 3.8) is 0 Å². The highest BCUT2D eigenvalue weighted by Crippen LogP contribution is 2.17. The second-order valence-corrected chi connectivity index (χ2v) is 12.1. The summed E-state index contributed by atoms with van der Waals surface area (Å²) in [6.07, 6.45) is 28.0. The van der Waals surface area contributed by atoms with Crippen molar-refractivity contribution < 1.29 is 18.3 Å². The summed E-state index contributed by atoms with van der Waals surface area (Å²) < 4.78 is 9.10. The van der Waals surface area contributed by atoms with Gasteiger partial charge in [-0.15, -0.1) is 0 Å². The van der Waals surface area contributed by atoms with E-state index in [1.54, 1.807) is 0 Å². The Bertz CT molecular complexity index is 1400. The first-order chi connectivity index (χ1) is 21.7. The first-order valence-corrected chi connectivity index (χ1v) is 16.7. The number of aryl methyl sites for hydroxylation is 2. The summed E-state index contributed by atoms with van der Waals surface area (Å²) in [4.78, 5) is 0. The normalized spacial score (nSPS) is 11.1. The Hall–Kier alpha value is -4.18. The van der Waals surface area contributed by atoms with E-state index in [-0.39, 0.29) is 0 Å². The van der Waals surface area contributed by atoms with Gasteiger partial charge in [0.2, 0.25) is 0 Å². The van der Waals surface area contributed by atoms with Crippen LogP contribution in [0.2, 0.25) is 0 Å². The Balaban J connectivity index is 1.10. The van der Waals surface area contributed by atoms with Gasteiger partial charge in [0.25, 0.3) is 0 Å². The molecular weight excluding hydrogens is 536 g/mol. The zero-order chi connectivity index (χ0) is 30.4. The lowest BCUT2D eigenvalue weighted by atomic mass is 10.1. The molecule has 5 aromatic rings. The van der Waals surface area contributed by atoms with Crippen molar-refractivity contribution in [2.75, 3.05) is 0 Å². The topological polar surface area (TPSA) is 15.5 Å². The molecule has 0 spiro atoms. The smallest absolute Gasteiger partial charge is 0.173 e. The molecule has 44 heavy (non-hydrogen) atoms. The van der Waals surface area contributed by atoms with Crippen LogP contribution < -0.4 is 18.3 Å².